The molecule has 2 aromatic rings. The third-order valence-electron chi connectivity index (χ3n) is 9.69. The summed E-state index contributed by atoms with van der Waals surface area (Å²) in [6, 6.07) is 12.2. The van der Waals surface area contributed by atoms with Crippen molar-refractivity contribution in [2.45, 2.75) is 111 Å². The van der Waals surface area contributed by atoms with Crippen molar-refractivity contribution in [3.05, 3.63) is 81.9 Å². The fourth-order valence-corrected chi connectivity index (χ4v) is 6.52. The minimum Gasteiger partial charge on any atom is -0.459 e. The Kier molecular flexibility index (Phi) is 16.8. The van der Waals surface area contributed by atoms with E-state index in [9.17, 15) is 24.3 Å². The first kappa shape index (κ1) is 44.0. The lowest BCUT2D eigenvalue weighted by Crippen LogP contribution is -2.51. The molecule has 3 rings (SSSR count). The van der Waals surface area contributed by atoms with Crippen LogP contribution in [0.3, 0.4) is 0 Å². The molecule has 3 N–H and O–H groups in total. The van der Waals surface area contributed by atoms with E-state index >= 15 is 0 Å². The second kappa shape index (κ2) is 20.3. The zero-order valence-electron chi connectivity index (χ0n) is 32.3. The van der Waals surface area contributed by atoms with Crippen LogP contribution in [0.15, 0.2) is 54.6 Å². The molecule has 0 aromatic heterocycles. The summed E-state index contributed by atoms with van der Waals surface area (Å²) in [6.45, 7) is 17.3. The van der Waals surface area contributed by atoms with Crippen molar-refractivity contribution in [2.75, 3.05) is 19.6 Å². The lowest BCUT2D eigenvalue weighted by Gasteiger charge is -2.32. The van der Waals surface area contributed by atoms with E-state index in [-0.39, 0.29) is 31.7 Å². The Bertz CT molecular complexity index is 1580. The predicted octanol–water partition coefficient (Wildman–Crippen LogP) is 6.47. The van der Waals surface area contributed by atoms with Crippen molar-refractivity contribution in [3.8, 4) is 0 Å². The fraction of sp³-hybridized carbons (Fsp3) is 0.561. The molecule has 10 nitrogen and oxygen atoms in total. The largest absolute Gasteiger partial charge is 0.459 e. The van der Waals surface area contributed by atoms with Gasteiger partial charge in [0.2, 0.25) is 11.8 Å². The number of aliphatic hydroxyl groups excluding tert-OH is 1. The molecule has 6 unspecified atom stereocenters. The highest BCUT2D eigenvalue weighted by Crippen LogP contribution is 2.33. The number of carbonyl (C=O) groups is 4. The molecule has 2 aromatic carbocycles. The molecule has 0 saturated carbocycles. The highest BCUT2D eigenvalue weighted by molar-refractivity contribution is 6.31. The van der Waals surface area contributed by atoms with Gasteiger partial charge in [-0.05, 0) is 80.6 Å². The summed E-state index contributed by atoms with van der Waals surface area (Å²) in [6.07, 6.45) is -0.189. The van der Waals surface area contributed by atoms with Crippen LogP contribution in [-0.2, 0) is 41.6 Å². The number of hydrogen-bond acceptors (Lipinski definition) is 8. The van der Waals surface area contributed by atoms with E-state index in [1.165, 1.54) is 12.2 Å². The third-order valence-corrected chi connectivity index (χ3v) is 10.6. The zero-order chi connectivity index (χ0) is 39.5. The van der Waals surface area contributed by atoms with E-state index < -0.39 is 64.8 Å². The standard InChI is InChI=1S/C41H57Cl2N3O7/c1-9-46(10-2)23-28-16-18-30(19-17-28)36(43)37(48)27(6)33-12-11-13-35(47)45-32(22-29-15-14-26(5)31(42)21-29)38(49)44-24-41(7,8)40(51)53-34(20-25(3)4)39(50)52-33/h11,13-19,21,25,27,32-34,36-37,48H,9-10,12,20,22-24H2,1-8H3,(H,44,49)(H,45,47)/b13-11+. The van der Waals surface area contributed by atoms with E-state index in [4.69, 9.17) is 32.7 Å². The average Bonchev–Trinajstić information content (AvgIpc) is 3.12. The number of aryl methyl sites for hydroxylation is 1. The molecular formula is C41H57Cl2N3O7. The summed E-state index contributed by atoms with van der Waals surface area (Å²) in [4.78, 5) is 56.3. The van der Waals surface area contributed by atoms with Crippen molar-refractivity contribution in [2.24, 2.45) is 17.3 Å². The van der Waals surface area contributed by atoms with Crippen LogP contribution < -0.4 is 10.6 Å². The molecule has 0 spiro atoms. The van der Waals surface area contributed by atoms with Gasteiger partial charge in [-0.1, -0.05) is 88.7 Å². The van der Waals surface area contributed by atoms with Gasteiger partial charge in [-0.2, -0.15) is 0 Å². The van der Waals surface area contributed by atoms with Crippen LogP contribution in [0.2, 0.25) is 5.02 Å². The molecule has 0 radical (unpaired) electrons. The smallest absolute Gasteiger partial charge is 0.347 e. The second-order valence-corrected chi connectivity index (χ2v) is 15.9. The molecule has 292 valence electrons. The molecule has 0 bridgehead atoms. The first-order valence-electron chi connectivity index (χ1n) is 18.5. The number of halogens is 2. The van der Waals surface area contributed by atoms with Crippen LogP contribution in [0.4, 0.5) is 0 Å². The van der Waals surface area contributed by atoms with Crippen molar-refractivity contribution in [1.29, 1.82) is 0 Å². The summed E-state index contributed by atoms with van der Waals surface area (Å²) in [7, 11) is 0. The summed E-state index contributed by atoms with van der Waals surface area (Å²) in [5.74, 6) is -3.27. The van der Waals surface area contributed by atoms with Gasteiger partial charge >= 0.3 is 11.9 Å². The number of nitrogens with one attached hydrogen (secondary N) is 2. The summed E-state index contributed by atoms with van der Waals surface area (Å²) in [5, 5.41) is 16.8. The first-order valence-corrected chi connectivity index (χ1v) is 19.3. The Balaban J connectivity index is 1.93. The number of hydrogen-bond donors (Lipinski definition) is 3. The maximum Gasteiger partial charge on any atom is 0.347 e. The molecule has 1 aliphatic heterocycles. The van der Waals surface area contributed by atoms with Crippen molar-refractivity contribution < 1.29 is 33.8 Å². The lowest BCUT2D eigenvalue weighted by molar-refractivity contribution is -0.180. The number of carbonyl (C=O) groups excluding carboxylic acids is 4. The van der Waals surface area contributed by atoms with Gasteiger partial charge in [-0.15, -0.1) is 11.6 Å². The maximum atomic E-state index is 13.7. The third kappa shape index (κ3) is 13.1. The van der Waals surface area contributed by atoms with E-state index in [2.05, 4.69) is 29.4 Å². The molecule has 12 heteroatoms. The quantitative estimate of drug-likeness (QED) is 0.165. The number of aliphatic hydroxyl groups is 1. The lowest BCUT2D eigenvalue weighted by atomic mass is 9.90. The van der Waals surface area contributed by atoms with Crippen molar-refractivity contribution in [1.82, 2.24) is 15.5 Å². The van der Waals surface area contributed by atoms with Gasteiger partial charge in [0.1, 0.15) is 12.1 Å². The number of rotatable bonds is 12. The number of ether oxygens (including phenoxy) is 2. The zero-order valence-corrected chi connectivity index (χ0v) is 33.8. The van der Waals surface area contributed by atoms with Crippen LogP contribution in [0.1, 0.15) is 88.9 Å². The summed E-state index contributed by atoms with van der Waals surface area (Å²) >= 11 is 13.2. The van der Waals surface area contributed by atoms with E-state index in [1.54, 1.807) is 26.8 Å². The van der Waals surface area contributed by atoms with Gasteiger partial charge in [0, 0.05) is 36.9 Å². The Labute approximate surface area is 325 Å². The van der Waals surface area contributed by atoms with Crippen LogP contribution in [-0.4, -0.2) is 77.7 Å². The van der Waals surface area contributed by atoms with E-state index in [0.717, 1.165) is 36.3 Å². The fourth-order valence-electron chi connectivity index (χ4n) is 5.94. The number of amides is 2. The number of cyclic esters (lactones) is 2. The topological polar surface area (TPSA) is 134 Å². The Hall–Kier alpha value is -3.44. The molecule has 6 atom stereocenters. The van der Waals surface area contributed by atoms with Crippen LogP contribution in [0, 0.1) is 24.2 Å². The second-order valence-electron chi connectivity index (χ2n) is 15.0. The molecule has 2 amide bonds. The predicted molar refractivity (Wildman–Crippen MR) is 208 cm³/mol. The summed E-state index contributed by atoms with van der Waals surface area (Å²) < 4.78 is 11.8. The normalized spacial score (nSPS) is 22.7. The van der Waals surface area contributed by atoms with Crippen LogP contribution in [0.5, 0.6) is 0 Å². The number of benzene rings is 2. The Morgan fingerprint density at radius 3 is 2.23 bits per heavy atom. The van der Waals surface area contributed by atoms with E-state index in [0.29, 0.717) is 10.6 Å². The SMILES string of the molecule is CCN(CC)Cc1ccc(C(Cl)C(O)C(C)C2C/C=C/C(=O)NC(Cc3ccc(C)c(Cl)c3)C(=O)NCC(C)(C)C(=O)OC(CC(C)C)C(=O)O2)cc1. The molecular weight excluding hydrogens is 717 g/mol. The van der Waals surface area contributed by atoms with Gasteiger partial charge in [-0.25, -0.2) is 4.79 Å². The van der Waals surface area contributed by atoms with Crippen LogP contribution >= 0.6 is 23.2 Å². The number of nitrogens with zero attached hydrogens (tertiary/aromatic N) is 1. The van der Waals surface area contributed by atoms with Gasteiger partial charge in [0.15, 0.2) is 6.10 Å². The monoisotopic (exact) mass is 773 g/mol. The number of esters is 2. The summed E-state index contributed by atoms with van der Waals surface area (Å²) in [5.41, 5.74) is 2.20. The number of alkyl halides is 1. The van der Waals surface area contributed by atoms with Crippen molar-refractivity contribution in [3.63, 3.8) is 0 Å². The highest BCUT2D eigenvalue weighted by Gasteiger charge is 2.38. The molecule has 0 saturated heterocycles. The maximum absolute atomic E-state index is 13.7. The first-order chi connectivity index (χ1) is 24.9. The van der Waals surface area contributed by atoms with Gasteiger partial charge < -0.3 is 25.2 Å². The molecule has 1 aliphatic rings. The highest BCUT2D eigenvalue weighted by atomic mass is 35.5. The van der Waals surface area contributed by atoms with E-state index in [1.807, 2.05) is 57.2 Å². The van der Waals surface area contributed by atoms with Gasteiger partial charge in [-0.3, -0.25) is 19.3 Å². The van der Waals surface area contributed by atoms with Crippen molar-refractivity contribution >= 4 is 47.0 Å². The molecule has 53 heavy (non-hydrogen) atoms. The molecule has 1 heterocycles. The van der Waals surface area contributed by atoms with Gasteiger partial charge in [0.05, 0.1) is 16.9 Å². The Morgan fingerprint density at radius 2 is 1.62 bits per heavy atom. The van der Waals surface area contributed by atoms with Crippen LogP contribution in [0.25, 0.3) is 0 Å². The molecule has 0 fully saturated rings. The minimum atomic E-state index is -1.24. The van der Waals surface area contributed by atoms with Gasteiger partial charge in [0.25, 0.3) is 0 Å². The molecule has 0 aliphatic carbocycles. The Morgan fingerprint density at radius 1 is 0.981 bits per heavy atom. The minimum absolute atomic E-state index is 0.0298. The average molecular weight is 775 g/mol.